The van der Waals surface area contributed by atoms with E-state index in [-0.39, 0.29) is 12.1 Å². The molecule has 168 valence electrons. The average molecular weight is 466 g/mol. The van der Waals surface area contributed by atoms with Gasteiger partial charge < -0.3 is 10.1 Å². The van der Waals surface area contributed by atoms with Crippen molar-refractivity contribution < 1.29 is 22.7 Å². The lowest BCUT2D eigenvalue weighted by atomic mass is 9.74. The van der Waals surface area contributed by atoms with Crippen LogP contribution in [0.25, 0.3) is 11.0 Å². The molecule has 1 N–H and O–H groups in total. The molecule has 0 radical (unpaired) electrons. The molecule has 1 heterocycles. The van der Waals surface area contributed by atoms with E-state index in [1.807, 2.05) is 0 Å². The number of aromatic nitrogens is 3. The van der Waals surface area contributed by atoms with Crippen molar-refractivity contribution in [2.45, 2.75) is 39.2 Å². The number of halogens is 4. The van der Waals surface area contributed by atoms with Crippen molar-refractivity contribution in [1.82, 2.24) is 20.3 Å². The second kappa shape index (κ2) is 8.31. The molecule has 3 aromatic rings. The van der Waals surface area contributed by atoms with E-state index in [1.54, 1.807) is 39.0 Å². The first-order valence-corrected chi connectivity index (χ1v) is 9.80. The van der Waals surface area contributed by atoms with Gasteiger partial charge >= 0.3 is 6.36 Å². The second-order valence-electron chi connectivity index (χ2n) is 8.16. The van der Waals surface area contributed by atoms with Crippen molar-refractivity contribution in [1.29, 1.82) is 5.26 Å². The molecule has 0 unspecified atom stereocenters. The minimum absolute atomic E-state index is 0.0637. The van der Waals surface area contributed by atoms with Crippen LogP contribution in [0.4, 0.5) is 13.2 Å². The lowest BCUT2D eigenvalue weighted by Crippen LogP contribution is -2.59. The maximum Gasteiger partial charge on any atom is 0.573 e. The molecule has 32 heavy (non-hydrogen) atoms. The molecule has 1 aromatic heterocycles. The number of nitriles is 1. The number of carbonyl (C=O) groups excluding carboxylic acids is 1. The van der Waals surface area contributed by atoms with Gasteiger partial charge in [-0.2, -0.15) is 20.3 Å². The van der Waals surface area contributed by atoms with E-state index < -0.39 is 29.0 Å². The summed E-state index contributed by atoms with van der Waals surface area (Å²) in [6.07, 6.45) is -4.84. The molecular weight excluding hydrogens is 447 g/mol. The van der Waals surface area contributed by atoms with Gasteiger partial charge in [0.2, 0.25) is 0 Å². The minimum atomic E-state index is -4.84. The predicted octanol–water partition coefficient (Wildman–Crippen LogP) is 4.72. The summed E-state index contributed by atoms with van der Waals surface area (Å²) in [6.45, 7) is 5.25. The maximum atomic E-state index is 12.9. The van der Waals surface area contributed by atoms with Gasteiger partial charge in [0.15, 0.2) is 5.54 Å². The summed E-state index contributed by atoms with van der Waals surface area (Å²) < 4.78 is 40.9. The van der Waals surface area contributed by atoms with E-state index in [4.69, 9.17) is 11.6 Å². The van der Waals surface area contributed by atoms with Crippen LogP contribution in [-0.4, -0.2) is 32.8 Å². The first-order valence-electron chi connectivity index (χ1n) is 9.42. The highest BCUT2D eigenvalue weighted by Gasteiger charge is 2.45. The molecule has 0 bridgehead atoms. The Balaban J connectivity index is 1.88. The molecule has 3 rings (SSSR count). The Labute approximate surface area is 186 Å². The Morgan fingerprint density at radius 3 is 2.31 bits per heavy atom. The number of nitrogens with zero attached hydrogens (tertiary/aromatic N) is 4. The van der Waals surface area contributed by atoms with E-state index in [1.165, 1.54) is 16.9 Å². The molecule has 0 aliphatic carbocycles. The topological polar surface area (TPSA) is 92.8 Å². The number of fused-ring (bicyclic) bond motifs is 1. The van der Waals surface area contributed by atoms with Crippen LogP contribution in [0.3, 0.4) is 0 Å². The zero-order chi connectivity index (χ0) is 23.7. The molecule has 0 spiro atoms. The lowest BCUT2D eigenvalue weighted by Gasteiger charge is -2.39. The SMILES string of the molecule is CC(C)(C)[C@](C#N)(Cn1nc2ccc(Cl)cc2n1)NC(=O)c1ccc(OC(F)(F)F)cc1. The average Bonchev–Trinajstić information content (AvgIpc) is 3.06. The van der Waals surface area contributed by atoms with Crippen LogP contribution in [0.2, 0.25) is 5.02 Å². The number of amides is 1. The van der Waals surface area contributed by atoms with Gasteiger partial charge in [0, 0.05) is 16.0 Å². The maximum absolute atomic E-state index is 12.9. The number of alkyl halides is 3. The summed E-state index contributed by atoms with van der Waals surface area (Å²) in [5.74, 6) is -1.10. The van der Waals surface area contributed by atoms with Crippen LogP contribution in [0.15, 0.2) is 42.5 Å². The van der Waals surface area contributed by atoms with Crippen LogP contribution in [0, 0.1) is 16.7 Å². The molecule has 2 aromatic carbocycles. The summed E-state index contributed by atoms with van der Waals surface area (Å²) in [5.41, 5.74) is -1.03. The summed E-state index contributed by atoms with van der Waals surface area (Å²) in [7, 11) is 0. The molecular formula is C21H19ClF3N5O2. The highest BCUT2D eigenvalue weighted by molar-refractivity contribution is 6.31. The minimum Gasteiger partial charge on any atom is -0.406 e. The second-order valence-corrected chi connectivity index (χ2v) is 8.59. The van der Waals surface area contributed by atoms with Crippen molar-refractivity contribution in [3.05, 3.63) is 53.1 Å². The number of rotatable bonds is 5. The fourth-order valence-corrected chi connectivity index (χ4v) is 3.15. The molecule has 0 aliphatic rings. The predicted molar refractivity (Wildman–Crippen MR) is 111 cm³/mol. The smallest absolute Gasteiger partial charge is 0.406 e. The molecule has 0 aliphatic heterocycles. The molecule has 0 fully saturated rings. The number of nitrogens with one attached hydrogen (secondary N) is 1. The number of carbonyl (C=O) groups is 1. The summed E-state index contributed by atoms with van der Waals surface area (Å²) >= 11 is 5.99. The van der Waals surface area contributed by atoms with Crippen molar-refractivity contribution >= 4 is 28.5 Å². The van der Waals surface area contributed by atoms with E-state index in [0.717, 1.165) is 12.1 Å². The standard InChI is InChI=1S/C21H19ClF3N5O2/c1-19(2,3)20(11-26,12-30-28-16-9-6-14(22)10-17(16)29-30)27-18(31)13-4-7-15(8-5-13)32-21(23,24)25/h4-10H,12H2,1-3H3,(H,27,31)/t20-/m0/s1. The van der Waals surface area contributed by atoms with Crippen LogP contribution in [-0.2, 0) is 6.54 Å². The van der Waals surface area contributed by atoms with Gasteiger partial charge in [-0.1, -0.05) is 32.4 Å². The van der Waals surface area contributed by atoms with Crippen LogP contribution in [0.1, 0.15) is 31.1 Å². The zero-order valence-electron chi connectivity index (χ0n) is 17.4. The third-order valence-electron chi connectivity index (χ3n) is 4.91. The Morgan fingerprint density at radius 2 is 1.75 bits per heavy atom. The van der Waals surface area contributed by atoms with Gasteiger partial charge in [-0.25, -0.2) is 0 Å². The summed E-state index contributed by atoms with van der Waals surface area (Å²) in [6, 6.07) is 11.6. The van der Waals surface area contributed by atoms with E-state index in [2.05, 4.69) is 26.3 Å². The van der Waals surface area contributed by atoms with Crippen molar-refractivity contribution in [2.75, 3.05) is 0 Å². The zero-order valence-corrected chi connectivity index (χ0v) is 18.1. The summed E-state index contributed by atoms with van der Waals surface area (Å²) in [5, 5.41) is 22.0. The Hall–Kier alpha value is -3.32. The highest BCUT2D eigenvalue weighted by Crippen LogP contribution is 2.32. The van der Waals surface area contributed by atoms with Crippen molar-refractivity contribution in [3.8, 4) is 11.8 Å². The first-order chi connectivity index (χ1) is 14.8. The van der Waals surface area contributed by atoms with E-state index >= 15 is 0 Å². The third kappa shape index (κ3) is 5.11. The fraction of sp³-hybridized carbons (Fsp3) is 0.333. The largest absolute Gasteiger partial charge is 0.573 e. The number of hydrogen-bond donors (Lipinski definition) is 1. The quantitative estimate of drug-likeness (QED) is 0.588. The first kappa shape index (κ1) is 23.3. The van der Waals surface area contributed by atoms with Gasteiger partial charge in [-0.3, -0.25) is 4.79 Å². The highest BCUT2D eigenvalue weighted by atomic mass is 35.5. The fourth-order valence-electron chi connectivity index (χ4n) is 2.98. The molecule has 1 atom stereocenters. The monoisotopic (exact) mass is 465 g/mol. The molecule has 1 amide bonds. The number of ether oxygens (including phenoxy) is 1. The van der Waals surface area contributed by atoms with Crippen molar-refractivity contribution in [3.63, 3.8) is 0 Å². The Morgan fingerprint density at radius 1 is 1.12 bits per heavy atom. The Kier molecular flexibility index (Phi) is 6.07. The van der Waals surface area contributed by atoms with Crippen LogP contribution in [0.5, 0.6) is 5.75 Å². The van der Waals surface area contributed by atoms with Gasteiger partial charge in [-0.15, -0.1) is 13.2 Å². The lowest BCUT2D eigenvalue weighted by molar-refractivity contribution is -0.274. The van der Waals surface area contributed by atoms with Crippen molar-refractivity contribution in [2.24, 2.45) is 5.41 Å². The van der Waals surface area contributed by atoms with Gasteiger partial charge in [0.25, 0.3) is 5.91 Å². The van der Waals surface area contributed by atoms with Gasteiger partial charge in [0.05, 0.1) is 12.6 Å². The summed E-state index contributed by atoms with van der Waals surface area (Å²) in [4.78, 5) is 14.2. The van der Waals surface area contributed by atoms with Crippen LogP contribution >= 0.6 is 11.6 Å². The van der Waals surface area contributed by atoms with E-state index in [0.29, 0.717) is 16.1 Å². The Bertz CT molecular complexity index is 1180. The number of benzene rings is 2. The van der Waals surface area contributed by atoms with Crippen LogP contribution < -0.4 is 10.1 Å². The van der Waals surface area contributed by atoms with Gasteiger partial charge in [0.1, 0.15) is 16.8 Å². The molecule has 0 saturated carbocycles. The molecule has 0 saturated heterocycles. The van der Waals surface area contributed by atoms with E-state index in [9.17, 15) is 23.2 Å². The molecule has 7 nitrogen and oxygen atoms in total. The van der Waals surface area contributed by atoms with Gasteiger partial charge in [-0.05, 0) is 42.5 Å². The molecule has 11 heteroatoms. The normalized spacial score (nSPS) is 13.9. The number of hydrogen-bond acceptors (Lipinski definition) is 5. The third-order valence-corrected chi connectivity index (χ3v) is 5.15.